The minimum absolute atomic E-state index is 0. The first kappa shape index (κ1) is 35.1. The molecule has 11 nitrogen and oxygen atoms in total. The van der Waals surface area contributed by atoms with Crippen molar-refractivity contribution in [2.24, 2.45) is 7.05 Å². The summed E-state index contributed by atoms with van der Waals surface area (Å²) in [5.41, 5.74) is 12.9. The molecule has 0 bridgehead atoms. The zero-order chi connectivity index (χ0) is 32.5. The number of imidazole rings is 2. The molecule has 12 heteroatoms. The number of hydrogen-bond acceptors (Lipinski definition) is 7. The first-order valence-electron chi connectivity index (χ1n) is 15.3. The number of anilines is 2. The summed E-state index contributed by atoms with van der Waals surface area (Å²) in [5, 5.41) is 2.21. The van der Waals surface area contributed by atoms with E-state index in [2.05, 4.69) is 112 Å². The third kappa shape index (κ3) is 7.15. The molecule has 0 radical (unpaired) electrons. The third-order valence-corrected chi connectivity index (χ3v) is 8.36. The van der Waals surface area contributed by atoms with Crippen LogP contribution in [0.25, 0.3) is 66.8 Å². The van der Waals surface area contributed by atoms with Gasteiger partial charge in [-0.25, -0.2) is 19.9 Å². The van der Waals surface area contributed by atoms with E-state index in [1.54, 1.807) is 12.7 Å². The van der Waals surface area contributed by atoms with Gasteiger partial charge in [-0.05, 0) is 47.5 Å². The zero-order valence-electron chi connectivity index (χ0n) is 28.5. The molecular weight excluding hydrogens is 623 g/mol. The van der Waals surface area contributed by atoms with Crippen LogP contribution >= 0.6 is 0 Å². The van der Waals surface area contributed by atoms with E-state index in [1.165, 1.54) is 11.4 Å². The zero-order valence-corrected chi connectivity index (χ0v) is 30.5. The Balaban J connectivity index is 0.000000184. The van der Waals surface area contributed by atoms with Crippen molar-refractivity contribution in [1.82, 2.24) is 39.5 Å². The van der Waals surface area contributed by atoms with Gasteiger partial charge in [0.2, 0.25) is 0 Å². The maximum absolute atomic E-state index is 4.66. The number of fused-ring (bicyclic) bond motifs is 2. The van der Waals surface area contributed by atoms with Gasteiger partial charge < -0.3 is 34.8 Å². The van der Waals surface area contributed by atoms with Crippen LogP contribution in [-0.4, -0.2) is 73.1 Å². The first-order valence-corrected chi connectivity index (χ1v) is 15.3. The Bertz CT molecular complexity index is 2250. The fourth-order valence-corrected chi connectivity index (χ4v) is 5.73. The minimum Gasteiger partial charge on any atom is -0.870 e. The Morgan fingerprint density at radius 2 is 1.10 bits per heavy atom. The fraction of sp³-hybridized carbons (Fsp3) is 0.135. The van der Waals surface area contributed by atoms with Crippen LogP contribution in [-0.2, 0) is 7.05 Å². The summed E-state index contributed by atoms with van der Waals surface area (Å²) in [7, 11) is 10.2. The molecule has 8 aromatic rings. The first-order chi connectivity index (χ1) is 22.9. The monoisotopic (exact) mass is 660 g/mol. The number of nitrogens with zero attached hydrogens (tertiary/aromatic N) is 7. The second-order valence-electron chi connectivity index (χ2n) is 11.9. The number of hydrogen-bond donors (Lipinski definition) is 3. The number of rotatable bonds is 6. The molecule has 0 spiro atoms. The normalized spacial score (nSPS) is 10.6. The van der Waals surface area contributed by atoms with E-state index in [9.17, 15) is 0 Å². The second-order valence-corrected chi connectivity index (χ2v) is 11.9. The van der Waals surface area contributed by atoms with Crippen molar-refractivity contribution in [3.05, 3.63) is 110 Å². The standard InChI is InChI=1S/C19H19N5.C18H17N5.Na.H2O/c1-23(2)15-6-4-13(5-7-15)14-8-16-17(18-10-20-12-22-18)11-24(3)19(16)21-9-14;1-23(2)14-5-3-12(4-6-14)13-7-15-16(17-10-19-11-22-17)9-21-18(15)20-8-13;;/h4-12H,1-3H3,(H,20,22);3-11H,1-2H3,(H,19,22)(H,20,21);;1H2/q;;+1;/p-1. The Kier molecular flexibility index (Phi) is 10.7. The molecule has 0 atom stereocenters. The van der Waals surface area contributed by atoms with Gasteiger partial charge in [0.15, 0.2) is 0 Å². The smallest absolute Gasteiger partial charge is 0.870 e. The Morgan fingerprint density at radius 3 is 1.61 bits per heavy atom. The van der Waals surface area contributed by atoms with Crippen LogP contribution in [0.15, 0.2) is 110 Å². The van der Waals surface area contributed by atoms with Crippen LogP contribution in [0.1, 0.15) is 0 Å². The van der Waals surface area contributed by atoms with E-state index in [-0.39, 0.29) is 35.0 Å². The van der Waals surface area contributed by atoms with Crippen molar-refractivity contribution < 1.29 is 35.0 Å². The maximum Gasteiger partial charge on any atom is 1.00 e. The molecule has 2 aromatic carbocycles. The SMILES string of the molecule is CN(C)c1ccc(-c2cnc3[nH]cc(-c4cnc[nH]4)c3c2)cc1.CN(C)c1ccc(-c2cnc3c(c2)c(-c2cnc[nH]2)cn3C)cc1.[Na+].[OH-]. The number of nitrogens with one attached hydrogen (secondary N) is 3. The van der Waals surface area contributed by atoms with Crippen molar-refractivity contribution in [2.75, 3.05) is 38.0 Å². The van der Waals surface area contributed by atoms with Crippen molar-refractivity contribution in [1.29, 1.82) is 0 Å². The number of pyridine rings is 2. The number of aryl methyl sites for hydroxylation is 1. The van der Waals surface area contributed by atoms with Crippen molar-refractivity contribution in [3.63, 3.8) is 0 Å². The predicted octanol–water partition coefficient (Wildman–Crippen LogP) is 4.21. The maximum atomic E-state index is 4.66. The minimum atomic E-state index is 0. The van der Waals surface area contributed by atoms with E-state index in [0.717, 1.165) is 66.8 Å². The van der Waals surface area contributed by atoms with E-state index in [0.29, 0.717) is 0 Å². The van der Waals surface area contributed by atoms with Crippen LogP contribution in [0, 0.1) is 0 Å². The summed E-state index contributed by atoms with van der Waals surface area (Å²) >= 11 is 0. The molecule has 0 amide bonds. The van der Waals surface area contributed by atoms with Gasteiger partial charge in [-0.2, -0.15) is 0 Å². The third-order valence-electron chi connectivity index (χ3n) is 8.36. The van der Waals surface area contributed by atoms with Crippen LogP contribution in [0.5, 0.6) is 0 Å². The van der Waals surface area contributed by atoms with Gasteiger partial charge in [0.1, 0.15) is 11.3 Å². The Morgan fingerprint density at radius 1 is 0.592 bits per heavy atom. The fourth-order valence-electron chi connectivity index (χ4n) is 5.73. The molecule has 0 saturated heterocycles. The van der Waals surface area contributed by atoms with E-state index in [1.807, 2.05) is 70.8 Å². The summed E-state index contributed by atoms with van der Waals surface area (Å²) in [6.45, 7) is 0. The van der Waals surface area contributed by atoms with Crippen LogP contribution in [0.2, 0.25) is 0 Å². The summed E-state index contributed by atoms with van der Waals surface area (Å²) in [6, 6.07) is 21.4. The molecule has 49 heavy (non-hydrogen) atoms. The quantitative estimate of drug-likeness (QED) is 0.227. The van der Waals surface area contributed by atoms with Crippen LogP contribution < -0.4 is 39.4 Å². The number of aromatic amines is 3. The van der Waals surface area contributed by atoms with E-state index < -0.39 is 0 Å². The van der Waals surface area contributed by atoms with Gasteiger partial charge in [-0.1, -0.05) is 24.3 Å². The number of benzene rings is 2. The molecule has 4 N–H and O–H groups in total. The summed E-state index contributed by atoms with van der Waals surface area (Å²) < 4.78 is 2.05. The summed E-state index contributed by atoms with van der Waals surface area (Å²) in [6.07, 6.45) is 14.9. The number of H-pyrrole nitrogens is 3. The van der Waals surface area contributed by atoms with E-state index >= 15 is 0 Å². The Hall–Kier alpha value is -5.20. The molecule has 0 aliphatic rings. The Labute approximate surface area is 306 Å². The average Bonchev–Trinajstić information content (AvgIpc) is 3.92. The van der Waals surface area contributed by atoms with Gasteiger partial charge in [0, 0.05) is 104 Å². The predicted molar refractivity (Wildman–Crippen MR) is 193 cm³/mol. The molecule has 242 valence electrons. The molecule has 0 aliphatic heterocycles. The van der Waals surface area contributed by atoms with Gasteiger partial charge in [0.05, 0.1) is 36.4 Å². The van der Waals surface area contributed by atoms with Crippen molar-refractivity contribution >= 4 is 33.4 Å². The molecule has 0 saturated carbocycles. The topological polar surface area (TPSA) is 140 Å². The van der Waals surface area contributed by atoms with Crippen LogP contribution in [0.3, 0.4) is 0 Å². The molecule has 6 heterocycles. The summed E-state index contributed by atoms with van der Waals surface area (Å²) in [4.78, 5) is 31.2. The van der Waals surface area contributed by atoms with Gasteiger partial charge in [0.25, 0.3) is 0 Å². The molecule has 0 fully saturated rings. The van der Waals surface area contributed by atoms with Gasteiger partial charge >= 0.3 is 29.6 Å². The van der Waals surface area contributed by atoms with Crippen molar-refractivity contribution in [3.8, 4) is 44.8 Å². The largest absolute Gasteiger partial charge is 1.00 e. The van der Waals surface area contributed by atoms with Gasteiger partial charge in [-0.15, -0.1) is 0 Å². The van der Waals surface area contributed by atoms with Crippen LogP contribution in [0.4, 0.5) is 11.4 Å². The number of aromatic nitrogens is 8. The molecule has 0 unspecified atom stereocenters. The summed E-state index contributed by atoms with van der Waals surface area (Å²) in [5.74, 6) is 0. The molecule has 0 aliphatic carbocycles. The van der Waals surface area contributed by atoms with Gasteiger partial charge in [-0.3, -0.25) is 0 Å². The molecular formula is C37H37N10NaO. The van der Waals surface area contributed by atoms with Crippen molar-refractivity contribution in [2.45, 2.75) is 0 Å². The molecule has 8 rings (SSSR count). The second kappa shape index (κ2) is 14.9. The average molecular weight is 661 g/mol. The van der Waals surface area contributed by atoms with E-state index in [4.69, 9.17) is 0 Å². The molecule has 6 aromatic heterocycles.